The molecule has 0 radical (unpaired) electrons. The van der Waals surface area contributed by atoms with Crippen LogP contribution in [0.1, 0.15) is 15.9 Å². The van der Waals surface area contributed by atoms with Crippen molar-refractivity contribution in [3.05, 3.63) is 65.7 Å². The summed E-state index contributed by atoms with van der Waals surface area (Å²) in [7, 11) is 1.59. The van der Waals surface area contributed by atoms with Crippen LogP contribution in [-0.4, -0.2) is 43.6 Å². The van der Waals surface area contributed by atoms with Gasteiger partial charge in [-0.15, -0.1) is 0 Å². The number of hydrogen-bond acceptors (Lipinski definition) is 4. The second kappa shape index (κ2) is 9.44. The molecule has 2 rings (SSSR count). The SMILES string of the molecule is COCCN(Cc1ccccc1)C(=O)COc1ccccc1C(N)=O. The van der Waals surface area contributed by atoms with Gasteiger partial charge in [-0.3, -0.25) is 9.59 Å². The Bertz CT molecular complexity index is 704. The minimum absolute atomic E-state index is 0.180. The zero-order valence-corrected chi connectivity index (χ0v) is 14.2. The number of carbonyl (C=O) groups excluding carboxylic acids is 2. The Morgan fingerprint density at radius 2 is 1.72 bits per heavy atom. The van der Waals surface area contributed by atoms with Crippen molar-refractivity contribution in [2.24, 2.45) is 5.73 Å². The molecule has 0 spiro atoms. The molecule has 0 unspecified atom stereocenters. The molecule has 0 aliphatic rings. The second-order valence-electron chi connectivity index (χ2n) is 5.44. The van der Waals surface area contributed by atoms with E-state index in [0.29, 0.717) is 25.4 Å². The molecule has 0 bridgehead atoms. The fraction of sp³-hybridized carbons (Fsp3) is 0.263. The standard InChI is InChI=1S/C19H22N2O4/c1-24-12-11-21(13-15-7-3-2-4-8-15)18(22)14-25-17-10-6-5-9-16(17)19(20)23/h2-10H,11-14H2,1H3,(H2,20,23). The van der Waals surface area contributed by atoms with Crippen LogP contribution in [0.4, 0.5) is 0 Å². The molecule has 0 aliphatic heterocycles. The molecule has 2 amide bonds. The van der Waals surface area contributed by atoms with Crippen molar-refractivity contribution < 1.29 is 19.1 Å². The van der Waals surface area contributed by atoms with Gasteiger partial charge in [-0.2, -0.15) is 0 Å². The van der Waals surface area contributed by atoms with Crippen molar-refractivity contribution in [3.8, 4) is 5.75 Å². The summed E-state index contributed by atoms with van der Waals surface area (Å²) in [5, 5.41) is 0. The van der Waals surface area contributed by atoms with Gasteiger partial charge in [0.25, 0.3) is 11.8 Å². The van der Waals surface area contributed by atoms with E-state index in [1.165, 1.54) is 0 Å². The van der Waals surface area contributed by atoms with Crippen LogP contribution in [0.3, 0.4) is 0 Å². The first-order valence-corrected chi connectivity index (χ1v) is 7.94. The third-order valence-corrected chi connectivity index (χ3v) is 3.64. The number of nitrogens with two attached hydrogens (primary N) is 1. The molecule has 0 heterocycles. The average molecular weight is 342 g/mol. The number of para-hydroxylation sites is 1. The molecular weight excluding hydrogens is 320 g/mol. The Balaban J connectivity index is 2.03. The summed E-state index contributed by atoms with van der Waals surface area (Å²) >= 11 is 0. The lowest BCUT2D eigenvalue weighted by atomic mass is 10.2. The number of methoxy groups -OCH3 is 1. The summed E-state index contributed by atoms with van der Waals surface area (Å²) in [5.41, 5.74) is 6.59. The Morgan fingerprint density at radius 3 is 2.40 bits per heavy atom. The molecule has 0 saturated carbocycles. The first kappa shape index (κ1) is 18.5. The van der Waals surface area contributed by atoms with Crippen LogP contribution in [0.25, 0.3) is 0 Å². The van der Waals surface area contributed by atoms with Crippen LogP contribution >= 0.6 is 0 Å². The zero-order chi connectivity index (χ0) is 18.1. The van der Waals surface area contributed by atoms with Crippen molar-refractivity contribution >= 4 is 11.8 Å². The van der Waals surface area contributed by atoms with Gasteiger partial charge in [0.2, 0.25) is 0 Å². The molecule has 6 nitrogen and oxygen atoms in total. The van der Waals surface area contributed by atoms with Gasteiger partial charge in [0.05, 0.1) is 12.2 Å². The fourth-order valence-corrected chi connectivity index (χ4v) is 2.32. The molecular formula is C19H22N2O4. The zero-order valence-electron chi connectivity index (χ0n) is 14.2. The van der Waals surface area contributed by atoms with E-state index in [1.807, 2.05) is 30.3 Å². The molecule has 2 aromatic carbocycles. The Labute approximate surface area is 147 Å². The number of amides is 2. The highest BCUT2D eigenvalue weighted by Gasteiger charge is 2.16. The summed E-state index contributed by atoms with van der Waals surface area (Å²) in [6.45, 7) is 1.16. The van der Waals surface area contributed by atoms with Crippen LogP contribution in [0, 0.1) is 0 Å². The van der Waals surface area contributed by atoms with Crippen LogP contribution in [-0.2, 0) is 16.1 Å². The van der Waals surface area contributed by atoms with Gasteiger partial charge >= 0.3 is 0 Å². The Morgan fingerprint density at radius 1 is 1.04 bits per heavy atom. The predicted octanol–water partition coefficient (Wildman–Crippen LogP) is 1.84. The lowest BCUT2D eigenvalue weighted by Crippen LogP contribution is -2.37. The van der Waals surface area contributed by atoms with Crippen LogP contribution in [0.2, 0.25) is 0 Å². The number of rotatable bonds is 9. The third-order valence-electron chi connectivity index (χ3n) is 3.64. The number of benzene rings is 2. The Hall–Kier alpha value is -2.86. The highest BCUT2D eigenvalue weighted by molar-refractivity contribution is 5.95. The monoisotopic (exact) mass is 342 g/mol. The van der Waals surface area contributed by atoms with Crippen LogP contribution in [0.15, 0.2) is 54.6 Å². The highest BCUT2D eigenvalue weighted by Crippen LogP contribution is 2.17. The second-order valence-corrected chi connectivity index (χ2v) is 5.44. The Kier molecular flexibility index (Phi) is 6.98. The number of hydrogen-bond donors (Lipinski definition) is 1. The van der Waals surface area contributed by atoms with E-state index in [2.05, 4.69) is 0 Å². The summed E-state index contributed by atoms with van der Waals surface area (Å²) in [6.07, 6.45) is 0. The van der Waals surface area contributed by atoms with Gasteiger partial charge in [0.1, 0.15) is 5.75 Å². The quantitative estimate of drug-likeness (QED) is 0.754. The molecule has 6 heteroatoms. The molecule has 0 saturated heterocycles. The van der Waals surface area contributed by atoms with E-state index in [-0.39, 0.29) is 18.1 Å². The summed E-state index contributed by atoms with van der Waals surface area (Å²) in [6, 6.07) is 16.3. The summed E-state index contributed by atoms with van der Waals surface area (Å²) in [4.78, 5) is 25.6. The molecule has 0 aromatic heterocycles. The van der Waals surface area contributed by atoms with Crippen molar-refractivity contribution in [1.29, 1.82) is 0 Å². The molecule has 0 fully saturated rings. The molecule has 132 valence electrons. The van der Waals surface area contributed by atoms with E-state index >= 15 is 0 Å². The van der Waals surface area contributed by atoms with Gasteiger partial charge in [-0.25, -0.2) is 0 Å². The number of ether oxygens (including phenoxy) is 2. The van der Waals surface area contributed by atoms with Gasteiger partial charge < -0.3 is 20.1 Å². The van der Waals surface area contributed by atoms with E-state index in [9.17, 15) is 9.59 Å². The smallest absolute Gasteiger partial charge is 0.260 e. The van der Waals surface area contributed by atoms with E-state index in [4.69, 9.17) is 15.2 Å². The first-order chi connectivity index (χ1) is 12.1. The molecule has 2 N–H and O–H groups in total. The van der Waals surface area contributed by atoms with Crippen molar-refractivity contribution in [2.75, 3.05) is 26.9 Å². The normalized spacial score (nSPS) is 10.3. The average Bonchev–Trinajstić information content (AvgIpc) is 2.64. The van der Waals surface area contributed by atoms with Crippen molar-refractivity contribution in [3.63, 3.8) is 0 Å². The minimum Gasteiger partial charge on any atom is -0.483 e. The maximum Gasteiger partial charge on any atom is 0.260 e. The first-order valence-electron chi connectivity index (χ1n) is 7.94. The van der Waals surface area contributed by atoms with Crippen LogP contribution in [0.5, 0.6) is 5.75 Å². The van der Waals surface area contributed by atoms with Gasteiger partial charge in [0, 0.05) is 20.2 Å². The van der Waals surface area contributed by atoms with Crippen molar-refractivity contribution in [1.82, 2.24) is 4.90 Å². The van der Waals surface area contributed by atoms with E-state index in [1.54, 1.807) is 36.3 Å². The van der Waals surface area contributed by atoms with E-state index in [0.717, 1.165) is 5.56 Å². The lowest BCUT2D eigenvalue weighted by molar-refractivity contribution is -0.134. The van der Waals surface area contributed by atoms with Crippen LogP contribution < -0.4 is 10.5 Å². The summed E-state index contributed by atoms with van der Waals surface area (Å²) in [5.74, 6) is -0.487. The molecule has 2 aromatic rings. The largest absolute Gasteiger partial charge is 0.483 e. The maximum absolute atomic E-state index is 12.5. The summed E-state index contributed by atoms with van der Waals surface area (Å²) < 4.78 is 10.6. The third kappa shape index (κ3) is 5.61. The number of primary amides is 1. The number of nitrogens with zero attached hydrogens (tertiary/aromatic N) is 1. The predicted molar refractivity (Wildman–Crippen MR) is 94.2 cm³/mol. The van der Waals surface area contributed by atoms with Crippen molar-refractivity contribution in [2.45, 2.75) is 6.54 Å². The highest BCUT2D eigenvalue weighted by atomic mass is 16.5. The topological polar surface area (TPSA) is 81.9 Å². The fourth-order valence-electron chi connectivity index (χ4n) is 2.32. The van der Waals surface area contributed by atoms with Gasteiger partial charge in [-0.1, -0.05) is 42.5 Å². The molecule has 0 atom stereocenters. The van der Waals surface area contributed by atoms with Gasteiger partial charge in [-0.05, 0) is 17.7 Å². The van der Waals surface area contributed by atoms with E-state index < -0.39 is 5.91 Å². The van der Waals surface area contributed by atoms with Gasteiger partial charge in [0.15, 0.2) is 6.61 Å². The molecule has 0 aliphatic carbocycles. The molecule has 25 heavy (non-hydrogen) atoms. The minimum atomic E-state index is -0.594. The lowest BCUT2D eigenvalue weighted by Gasteiger charge is -2.23. The maximum atomic E-state index is 12.5. The number of carbonyl (C=O) groups is 2.